The zero-order chi connectivity index (χ0) is 13.8. The van der Waals surface area contributed by atoms with Gasteiger partial charge >= 0.3 is 5.97 Å². The summed E-state index contributed by atoms with van der Waals surface area (Å²) in [5, 5.41) is 0. The van der Waals surface area contributed by atoms with Crippen LogP contribution in [0.1, 0.15) is 26.2 Å². The summed E-state index contributed by atoms with van der Waals surface area (Å²) in [6.07, 6.45) is 2.86. The predicted molar refractivity (Wildman–Crippen MR) is 66.6 cm³/mol. The van der Waals surface area contributed by atoms with Crippen molar-refractivity contribution in [1.29, 1.82) is 0 Å². The maximum Gasteiger partial charge on any atom is 0.325 e. The smallest absolute Gasteiger partial charge is 0.325 e. The maximum atomic E-state index is 11.7. The maximum absolute atomic E-state index is 11.7. The Balaban J connectivity index is 2.76. The van der Waals surface area contributed by atoms with Crippen molar-refractivity contribution >= 4 is 16.1 Å². The van der Waals surface area contributed by atoms with Crippen molar-refractivity contribution in [3.63, 3.8) is 0 Å². The van der Waals surface area contributed by atoms with Gasteiger partial charge in [0.1, 0.15) is 12.1 Å². The summed E-state index contributed by atoms with van der Waals surface area (Å²) >= 11 is 0. The normalized spacial score (nSPS) is 25.3. The molecule has 6 nitrogen and oxygen atoms in total. The molecule has 1 saturated heterocycles. The minimum atomic E-state index is -3.56. The molecule has 1 rings (SSSR count). The van der Waals surface area contributed by atoms with Crippen LogP contribution in [0.25, 0.3) is 0 Å². The number of esters is 1. The van der Waals surface area contributed by atoms with Crippen LogP contribution >= 0.6 is 0 Å². The van der Waals surface area contributed by atoms with Crippen molar-refractivity contribution < 1.29 is 22.1 Å². The predicted octanol–water partition coefficient (Wildman–Crippen LogP) is 0.379. The van der Waals surface area contributed by atoms with Gasteiger partial charge in [0.2, 0.25) is 0 Å². The van der Waals surface area contributed by atoms with Crippen LogP contribution in [0.5, 0.6) is 0 Å². The number of ether oxygens (including phenoxy) is 1. The summed E-state index contributed by atoms with van der Waals surface area (Å²) in [6.45, 7) is 3.47. The van der Waals surface area contributed by atoms with E-state index < -0.39 is 28.2 Å². The van der Waals surface area contributed by atoms with Crippen LogP contribution in [0.4, 0.5) is 0 Å². The average Bonchev–Trinajstić information content (AvgIpc) is 2.66. The van der Waals surface area contributed by atoms with Gasteiger partial charge in [-0.2, -0.15) is 8.42 Å². The molecule has 0 aromatic rings. The number of nitrogens with zero attached hydrogens (tertiary/aromatic N) is 1. The Morgan fingerprint density at radius 1 is 1.44 bits per heavy atom. The zero-order valence-electron chi connectivity index (χ0n) is 11.1. The number of unbranched alkanes of at least 4 members (excludes halogenated alkanes) is 1. The largest absolute Gasteiger partial charge is 0.468 e. The molecule has 0 bridgehead atoms. The summed E-state index contributed by atoms with van der Waals surface area (Å²) in [5.74, 6) is -0.433. The number of rotatable bonds is 6. The van der Waals surface area contributed by atoms with Crippen LogP contribution < -0.4 is 0 Å². The Morgan fingerprint density at radius 3 is 2.61 bits per heavy atom. The van der Waals surface area contributed by atoms with E-state index in [2.05, 4.69) is 6.92 Å². The molecule has 1 fully saturated rings. The van der Waals surface area contributed by atoms with Crippen LogP contribution in [0.15, 0.2) is 0 Å². The lowest BCUT2D eigenvalue weighted by Gasteiger charge is -2.24. The number of likely N-dealkylation sites (tertiary alicyclic amines) is 1. The fourth-order valence-corrected chi connectivity index (χ4v) is 2.83. The van der Waals surface area contributed by atoms with Gasteiger partial charge in [0.15, 0.2) is 0 Å². The van der Waals surface area contributed by atoms with Gasteiger partial charge in [-0.3, -0.25) is 13.9 Å². The van der Waals surface area contributed by atoms with E-state index >= 15 is 0 Å². The standard InChI is InChI=1S/C11H21NO5S/c1-4-5-7-12-8-6-9(17-18(3,14)15)10(12)11(13)16-2/h9-10H,4-8H2,1-3H3. The van der Waals surface area contributed by atoms with Crippen LogP contribution in [0.2, 0.25) is 0 Å². The first-order chi connectivity index (χ1) is 8.39. The highest BCUT2D eigenvalue weighted by atomic mass is 32.2. The van der Waals surface area contributed by atoms with Gasteiger partial charge in [0, 0.05) is 6.54 Å². The van der Waals surface area contributed by atoms with E-state index in [-0.39, 0.29) is 0 Å². The summed E-state index contributed by atoms with van der Waals surface area (Å²) in [5.41, 5.74) is 0. The Bertz CT molecular complexity index is 381. The molecule has 0 amide bonds. The Hall–Kier alpha value is -0.660. The van der Waals surface area contributed by atoms with E-state index in [9.17, 15) is 13.2 Å². The summed E-state index contributed by atoms with van der Waals surface area (Å²) in [4.78, 5) is 13.7. The number of carbonyl (C=O) groups is 1. The monoisotopic (exact) mass is 279 g/mol. The molecule has 1 aliphatic rings. The topological polar surface area (TPSA) is 72.9 Å². The Kier molecular flexibility index (Phi) is 5.55. The molecule has 2 unspecified atom stereocenters. The second-order valence-electron chi connectivity index (χ2n) is 4.48. The van der Waals surface area contributed by atoms with E-state index in [1.807, 2.05) is 4.90 Å². The molecule has 0 radical (unpaired) electrons. The second-order valence-corrected chi connectivity index (χ2v) is 6.09. The van der Waals surface area contributed by atoms with E-state index in [0.29, 0.717) is 13.0 Å². The summed E-state index contributed by atoms with van der Waals surface area (Å²) < 4.78 is 32.1. The molecule has 7 heteroatoms. The second kappa shape index (κ2) is 6.49. The lowest BCUT2D eigenvalue weighted by Crippen LogP contribution is -2.44. The molecule has 1 heterocycles. The molecule has 0 aromatic carbocycles. The quantitative estimate of drug-likeness (QED) is 0.517. The third-order valence-corrected chi connectivity index (χ3v) is 3.58. The Labute approximate surface area is 108 Å². The van der Waals surface area contributed by atoms with E-state index in [4.69, 9.17) is 8.92 Å². The summed E-state index contributed by atoms with van der Waals surface area (Å²) in [7, 11) is -2.26. The Morgan fingerprint density at radius 2 is 2.11 bits per heavy atom. The number of hydrogen-bond acceptors (Lipinski definition) is 6. The lowest BCUT2D eigenvalue weighted by atomic mass is 10.1. The van der Waals surface area contributed by atoms with Gasteiger partial charge in [-0.15, -0.1) is 0 Å². The van der Waals surface area contributed by atoms with Crippen molar-refractivity contribution in [2.45, 2.75) is 38.3 Å². The minimum absolute atomic E-state index is 0.433. The number of hydrogen-bond donors (Lipinski definition) is 0. The van der Waals surface area contributed by atoms with Crippen molar-refractivity contribution in [2.75, 3.05) is 26.5 Å². The molecule has 2 atom stereocenters. The highest BCUT2D eigenvalue weighted by Gasteiger charge is 2.42. The highest BCUT2D eigenvalue weighted by molar-refractivity contribution is 7.86. The van der Waals surface area contributed by atoms with Gasteiger partial charge in [0.25, 0.3) is 10.1 Å². The molecule has 1 aliphatic heterocycles. The summed E-state index contributed by atoms with van der Waals surface area (Å²) in [6, 6.07) is -0.615. The first-order valence-electron chi connectivity index (χ1n) is 6.09. The lowest BCUT2D eigenvalue weighted by molar-refractivity contribution is -0.148. The zero-order valence-corrected chi connectivity index (χ0v) is 11.9. The first-order valence-corrected chi connectivity index (χ1v) is 7.90. The molecule has 0 spiro atoms. The first kappa shape index (κ1) is 15.4. The van der Waals surface area contributed by atoms with Gasteiger partial charge in [-0.25, -0.2) is 0 Å². The van der Waals surface area contributed by atoms with Crippen molar-refractivity contribution in [3.8, 4) is 0 Å². The molecule has 0 aromatic heterocycles. The van der Waals surface area contributed by atoms with Gasteiger partial charge in [0.05, 0.1) is 13.4 Å². The van der Waals surface area contributed by atoms with Crippen molar-refractivity contribution in [2.24, 2.45) is 0 Å². The molecule has 18 heavy (non-hydrogen) atoms. The minimum Gasteiger partial charge on any atom is -0.468 e. The molecular formula is C11H21NO5S. The molecule has 106 valence electrons. The molecular weight excluding hydrogens is 258 g/mol. The fraction of sp³-hybridized carbons (Fsp3) is 0.909. The van der Waals surface area contributed by atoms with E-state index in [0.717, 1.165) is 25.6 Å². The van der Waals surface area contributed by atoms with Gasteiger partial charge in [-0.1, -0.05) is 13.3 Å². The van der Waals surface area contributed by atoms with Gasteiger partial charge < -0.3 is 4.74 Å². The SMILES string of the molecule is CCCCN1CCC(OS(C)(=O)=O)C1C(=O)OC. The third-order valence-electron chi connectivity index (χ3n) is 2.99. The average molecular weight is 279 g/mol. The number of carbonyl (C=O) groups excluding carboxylic acids is 1. The molecule has 0 saturated carbocycles. The van der Waals surface area contributed by atoms with Crippen LogP contribution in [-0.4, -0.2) is 57.9 Å². The van der Waals surface area contributed by atoms with E-state index in [1.165, 1.54) is 7.11 Å². The van der Waals surface area contributed by atoms with Crippen LogP contribution in [-0.2, 0) is 23.8 Å². The van der Waals surface area contributed by atoms with Crippen LogP contribution in [0, 0.1) is 0 Å². The highest BCUT2D eigenvalue weighted by Crippen LogP contribution is 2.23. The third kappa shape index (κ3) is 4.22. The fourth-order valence-electron chi connectivity index (χ4n) is 2.18. The number of methoxy groups -OCH3 is 1. The van der Waals surface area contributed by atoms with E-state index in [1.54, 1.807) is 0 Å². The molecule has 0 aliphatic carbocycles. The van der Waals surface area contributed by atoms with Crippen molar-refractivity contribution in [3.05, 3.63) is 0 Å². The molecule has 0 N–H and O–H groups in total. The van der Waals surface area contributed by atoms with Crippen LogP contribution in [0.3, 0.4) is 0 Å². The van der Waals surface area contributed by atoms with Gasteiger partial charge in [-0.05, 0) is 19.4 Å². The van der Waals surface area contributed by atoms with Crippen molar-refractivity contribution in [1.82, 2.24) is 4.90 Å².